The van der Waals surface area contributed by atoms with Gasteiger partial charge in [0.05, 0.1) is 5.69 Å². The molecule has 0 radical (unpaired) electrons. The van der Waals surface area contributed by atoms with Crippen LogP contribution in [0.25, 0.3) is 33.4 Å². The summed E-state index contributed by atoms with van der Waals surface area (Å²) in [5, 5.41) is 0. The van der Waals surface area contributed by atoms with Gasteiger partial charge in [-0.1, -0.05) is 160 Å². The number of benzene rings is 6. The summed E-state index contributed by atoms with van der Waals surface area (Å²) in [6, 6.07) is 49.0. The molecule has 9 rings (SSSR count). The molecule has 0 aromatic heterocycles. The minimum absolute atomic E-state index is 0.0963. The van der Waals surface area contributed by atoms with E-state index in [9.17, 15) is 0 Å². The molecule has 0 fully saturated rings. The lowest BCUT2D eigenvalue weighted by Gasteiger charge is -2.43. The predicted octanol–water partition coefficient (Wildman–Crippen LogP) is 15.5. The highest BCUT2D eigenvalue weighted by atomic mass is 15.1. The first kappa shape index (κ1) is 36.7. The number of rotatable bonds is 5. The second kappa shape index (κ2) is 12.6. The molecule has 0 saturated carbocycles. The Morgan fingerprint density at radius 1 is 0.357 bits per heavy atom. The maximum atomic E-state index is 2.55. The third-order valence-corrected chi connectivity index (χ3v) is 14.4. The molecule has 0 N–H and O–H groups in total. The Bertz CT molecular complexity index is 2510. The van der Waals surface area contributed by atoms with Gasteiger partial charge in [-0.15, -0.1) is 0 Å². The lowest BCUT2D eigenvalue weighted by atomic mass is 9.61. The largest absolute Gasteiger partial charge is 0.310 e. The van der Waals surface area contributed by atoms with Crippen LogP contribution in [0.15, 0.2) is 127 Å². The maximum Gasteiger partial charge on any atom is 0.0543 e. The van der Waals surface area contributed by atoms with Gasteiger partial charge in [-0.2, -0.15) is 0 Å². The second-order valence-electron chi connectivity index (χ2n) is 20.3. The van der Waals surface area contributed by atoms with Crippen LogP contribution in [0.1, 0.15) is 128 Å². The van der Waals surface area contributed by atoms with Gasteiger partial charge in [-0.25, -0.2) is 0 Å². The van der Waals surface area contributed by atoms with Crippen molar-refractivity contribution >= 4 is 17.1 Å². The summed E-state index contributed by atoms with van der Waals surface area (Å²) in [5.41, 5.74) is 20.6. The van der Waals surface area contributed by atoms with Crippen LogP contribution in [0.3, 0.4) is 0 Å². The van der Waals surface area contributed by atoms with E-state index in [-0.39, 0.29) is 27.1 Å². The van der Waals surface area contributed by atoms with Crippen molar-refractivity contribution in [1.82, 2.24) is 0 Å². The Kier molecular flexibility index (Phi) is 8.24. The van der Waals surface area contributed by atoms with Crippen LogP contribution >= 0.6 is 0 Å². The van der Waals surface area contributed by atoms with Crippen LogP contribution in [-0.4, -0.2) is 0 Å². The SMILES string of the molecule is CC1(C)CCC(C)(C)c2cc(-c3cc4c(cc3N(c3ccccc3)c3cccc(-c5cccc6c5C(C)(C)CCC6(C)C)c3)C(C)(C)c3ccccc3-4)ccc21. The molecule has 6 aromatic rings. The lowest BCUT2D eigenvalue weighted by molar-refractivity contribution is 0.332. The quantitative estimate of drug-likeness (QED) is 0.171. The van der Waals surface area contributed by atoms with Crippen molar-refractivity contribution in [2.24, 2.45) is 0 Å². The van der Waals surface area contributed by atoms with Gasteiger partial charge in [0, 0.05) is 22.4 Å². The van der Waals surface area contributed by atoms with Gasteiger partial charge in [0.15, 0.2) is 0 Å². The van der Waals surface area contributed by atoms with Crippen molar-refractivity contribution in [2.45, 2.75) is 122 Å². The highest BCUT2D eigenvalue weighted by Crippen LogP contribution is 2.55. The van der Waals surface area contributed by atoms with Crippen molar-refractivity contribution in [3.63, 3.8) is 0 Å². The highest BCUT2D eigenvalue weighted by Gasteiger charge is 2.41. The molecule has 0 saturated heterocycles. The first-order valence-corrected chi connectivity index (χ1v) is 21.0. The van der Waals surface area contributed by atoms with Gasteiger partial charge in [-0.3, -0.25) is 0 Å². The molecule has 1 heteroatoms. The van der Waals surface area contributed by atoms with E-state index in [0.717, 1.165) is 5.69 Å². The van der Waals surface area contributed by atoms with E-state index < -0.39 is 0 Å². The Labute approximate surface area is 336 Å². The molecule has 0 amide bonds. The minimum Gasteiger partial charge on any atom is -0.310 e. The van der Waals surface area contributed by atoms with Crippen LogP contribution in [0.4, 0.5) is 17.1 Å². The normalized spacial score (nSPS) is 19.0. The van der Waals surface area contributed by atoms with Crippen molar-refractivity contribution in [2.75, 3.05) is 4.90 Å². The second-order valence-corrected chi connectivity index (χ2v) is 20.3. The lowest BCUT2D eigenvalue weighted by Crippen LogP contribution is -2.34. The molecule has 6 aromatic carbocycles. The Balaban J connectivity index is 1.31. The van der Waals surface area contributed by atoms with E-state index in [4.69, 9.17) is 0 Å². The van der Waals surface area contributed by atoms with Gasteiger partial charge >= 0.3 is 0 Å². The molecule has 3 aliphatic rings. The molecule has 0 aliphatic heterocycles. The number of hydrogen-bond acceptors (Lipinski definition) is 1. The van der Waals surface area contributed by atoms with Gasteiger partial charge in [-0.05, 0) is 145 Å². The van der Waals surface area contributed by atoms with Crippen LogP contribution in [0.2, 0.25) is 0 Å². The Morgan fingerprint density at radius 2 is 0.929 bits per heavy atom. The molecule has 0 spiro atoms. The van der Waals surface area contributed by atoms with Crippen molar-refractivity contribution in [1.29, 1.82) is 0 Å². The molecule has 284 valence electrons. The zero-order valence-corrected chi connectivity index (χ0v) is 35.4. The van der Waals surface area contributed by atoms with Gasteiger partial charge in [0.2, 0.25) is 0 Å². The molecule has 0 unspecified atom stereocenters. The molecule has 3 aliphatic carbocycles. The Morgan fingerprint density at radius 3 is 1.68 bits per heavy atom. The number of anilines is 3. The van der Waals surface area contributed by atoms with Crippen molar-refractivity contribution in [3.8, 4) is 33.4 Å². The topological polar surface area (TPSA) is 3.24 Å². The summed E-state index contributed by atoms with van der Waals surface area (Å²) in [6.45, 7) is 24.3. The molecule has 56 heavy (non-hydrogen) atoms. The van der Waals surface area contributed by atoms with Gasteiger partial charge < -0.3 is 4.90 Å². The summed E-state index contributed by atoms with van der Waals surface area (Å²) in [5.74, 6) is 0. The van der Waals surface area contributed by atoms with Gasteiger partial charge in [0.25, 0.3) is 0 Å². The fraction of sp³-hybridized carbons (Fsp3) is 0.345. The van der Waals surface area contributed by atoms with Crippen molar-refractivity contribution < 1.29 is 0 Å². The maximum absolute atomic E-state index is 2.55. The van der Waals surface area contributed by atoms with E-state index in [1.54, 1.807) is 0 Å². The molecule has 0 heterocycles. The average molecular weight is 734 g/mol. The average Bonchev–Trinajstić information content (AvgIpc) is 3.40. The third-order valence-electron chi connectivity index (χ3n) is 14.4. The van der Waals surface area contributed by atoms with Crippen LogP contribution in [0.5, 0.6) is 0 Å². The third kappa shape index (κ3) is 5.71. The van der Waals surface area contributed by atoms with E-state index in [2.05, 4.69) is 202 Å². The molecule has 0 bridgehead atoms. The fourth-order valence-corrected chi connectivity index (χ4v) is 10.7. The monoisotopic (exact) mass is 733 g/mol. The van der Waals surface area contributed by atoms with Crippen LogP contribution in [-0.2, 0) is 27.1 Å². The first-order valence-electron chi connectivity index (χ1n) is 21.0. The minimum atomic E-state index is -0.132. The summed E-state index contributed by atoms with van der Waals surface area (Å²) in [4.78, 5) is 2.54. The summed E-state index contributed by atoms with van der Waals surface area (Å²) >= 11 is 0. The number of para-hydroxylation sites is 1. The smallest absolute Gasteiger partial charge is 0.0543 e. The van der Waals surface area contributed by atoms with Crippen LogP contribution < -0.4 is 4.90 Å². The first-order chi connectivity index (χ1) is 26.5. The molecule has 1 nitrogen and oxygen atoms in total. The van der Waals surface area contributed by atoms with Gasteiger partial charge in [0.1, 0.15) is 0 Å². The Hall–Kier alpha value is -4.88. The molecular formula is C55H59N. The van der Waals surface area contributed by atoms with E-state index in [0.29, 0.717) is 0 Å². The zero-order valence-electron chi connectivity index (χ0n) is 35.4. The number of fused-ring (bicyclic) bond motifs is 5. The standard InChI is InChI=1S/C55H59N/c1-51(2)28-29-53(5,6)48-33-37(26-27-45(48)51)42-34-43-41-22-14-15-24-44(41)55(9,10)47(43)35-49(42)56(38-19-12-11-13-20-38)39-21-16-18-36(32-39)40-23-17-25-46-50(40)54(7,8)31-30-52(46,3)4/h11-27,32-35H,28-31H2,1-10H3. The van der Waals surface area contributed by atoms with Crippen LogP contribution in [0, 0.1) is 0 Å². The summed E-state index contributed by atoms with van der Waals surface area (Å²) in [7, 11) is 0. The van der Waals surface area contributed by atoms with Crippen molar-refractivity contribution in [3.05, 3.63) is 161 Å². The summed E-state index contributed by atoms with van der Waals surface area (Å²) < 4.78 is 0. The fourth-order valence-electron chi connectivity index (χ4n) is 10.7. The predicted molar refractivity (Wildman–Crippen MR) is 240 cm³/mol. The zero-order chi connectivity index (χ0) is 39.4. The highest BCUT2D eigenvalue weighted by molar-refractivity contribution is 5.95. The van der Waals surface area contributed by atoms with E-state index >= 15 is 0 Å². The van der Waals surface area contributed by atoms with E-state index in [1.807, 2.05) is 0 Å². The number of nitrogens with zero attached hydrogens (tertiary/aromatic N) is 1. The number of hydrogen-bond donors (Lipinski definition) is 0. The molecule has 0 atom stereocenters. The summed E-state index contributed by atoms with van der Waals surface area (Å²) in [6.07, 6.45) is 4.79. The molecular weight excluding hydrogens is 675 g/mol. The van der Waals surface area contributed by atoms with E-state index in [1.165, 1.54) is 104 Å².